The van der Waals surface area contributed by atoms with Gasteiger partial charge in [0.1, 0.15) is 5.84 Å². The molecular formula is C13H16N2O. The normalized spacial score (nSPS) is 28.6. The second-order valence-corrected chi connectivity index (χ2v) is 4.89. The van der Waals surface area contributed by atoms with Gasteiger partial charge >= 0.3 is 0 Å². The number of benzene rings is 1. The van der Waals surface area contributed by atoms with E-state index in [1.165, 1.54) is 5.56 Å². The van der Waals surface area contributed by atoms with Gasteiger partial charge in [-0.1, -0.05) is 24.3 Å². The summed E-state index contributed by atoms with van der Waals surface area (Å²) in [6.07, 6.45) is 1.02. The zero-order chi connectivity index (χ0) is 11.2. The van der Waals surface area contributed by atoms with E-state index in [-0.39, 0.29) is 5.54 Å². The van der Waals surface area contributed by atoms with E-state index in [0.717, 1.165) is 31.7 Å². The van der Waals surface area contributed by atoms with Crippen molar-refractivity contribution in [3.8, 4) is 0 Å². The minimum Gasteiger partial charge on any atom is -0.379 e. The third-order valence-corrected chi connectivity index (χ3v) is 3.72. The molecule has 0 saturated carbocycles. The Balaban J connectivity index is 1.95. The van der Waals surface area contributed by atoms with Crippen LogP contribution in [0, 0.1) is 5.41 Å². The summed E-state index contributed by atoms with van der Waals surface area (Å²) in [6.45, 7) is 4.61. The molecule has 2 aliphatic rings. The molecule has 16 heavy (non-hydrogen) atoms. The van der Waals surface area contributed by atoms with Crippen LogP contribution in [-0.4, -0.2) is 29.5 Å². The number of nitrogens with zero attached hydrogens (tertiary/aromatic N) is 1. The van der Waals surface area contributed by atoms with Crippen molar-refractivity contribution in [2.45, 2.75) is 25.4 Å². The van der Waals surface area contributed by atoms with Crippen molar-refractivity contribution in [1.82, 2.24) is 4.90 Å². The van der Waals surface area contributed by atoms with E-state index in [0.29, 0.717) is 5.84 Å². The first kappa shape index (κ1) is 9.85. The smallest absolute Gasteiger partial charge is 0.129 e. The van der Waals surface area contributed by atoms with Crippen LogP contribution in [0.2, 0.25) is 0 Å². The molecule has 3 rings (SSSR count). The van der Waals surface area contributed by atoms with Crippen LogP contribution in [0.25, 0.3) is 0 Å². The number of hydrogen-bond donors (Lipinski definition) is 1. The number of nitrogens with one attached hydrogen (secondary N) is 1. The highest BCUT2D eigenvalue weighted by Crippen LogP contribution is 2.33. The van der Waals surface area contributed by atoms with Crippen LogP contribution in [0.15, 0.2) is 24.3 Å². The van der Waals surface area contributed by atoms with Gasteiger partial charge in [0.2, 0.25) is 0 Å². The van der Waals surface area contributed by atoms with Crippen molar-refractivity contribution in [2.75, 3.05) is 13.2 Å². The first-order chi connectivity index (χ1) is 7.71. The lowest BCUT2D eigenvalue weighted by molar-refractivity contribution is 0.130. The first-order valence-electron chi connectivity index (χ1n) is 5.73. The third kappa shape index (κ3) is 1.28. The maximum atomic E-state index is 8.25. The Morgan fingerprint density at radius 1 is 1.38 bits per heavy atom. The molecule has 3 heteroatoms. The Labute approximate surface area is 95.5 Å². The quantitative estimate of drug-likeness (QED) is 0.779. The summed E-state index contributed by atoms with van der Waals surface area (Å²) in [5.41, 5.74) is 2.35. The highest BCUT2D eigenvalue weighted by atomic mass is 16.5. The molecule has 1 atom stereocenters. The third-order valence-electron chi connectivity index (χ3n) is 3.72. The minimum atomic E-state index is 0.0100. The molecule has 2 heterocycles. The van der Waals surface area contributed by atoms with Gasteiger partial charge < -0.3 is 9.64 Å². The summed E-state index contributed by atoms with van der Waals surface area (Å²) < 4.78 is 5.48. The number of hydrogen-bond acceptors (Lipinski definition) is 2. The first-order valence-corrected chi connectivity index (χ1v) is 5.73. The molecule has 1 saturated heterocycles. The van der Waals surface area contributed by atoms with Crippen LogP contribution in [0.3, 0.4) is 0 Å². The summed E-state index contributed by atoms with van der Waals surface area (Å²) >= 11 is 0. The Morgan fingerprint density at radius 2 is 2.19 bits per heavy atom. The number of ether oxygens (including phenoxy) is 1. The fourth-order valence-corrected chi connectivity index (χ4v) is 2.61. The van der Waals surface area contributed by atoms with Crippen LogP contribution < -0.4 is 0 Å². The molecule has 84 valence electrons. The van der Waals surface area contributed by atoms with E-state index in [1.807, 2.05) is 18.2 Å². The molecule has 3 nitrogen and oxygen atoms in total. The van der Waals surface area contributed by atoms with Crippen molar-refractivity contribution in [3.05, 3.63) is 35.4 Å². The monoisotopic (exact) mass is 216 g/mol. The van der Waals surface area contributed by atoms with Crippen LogP contribution in [-0.2, 0) is 11.3 Å². The van der Waals surface area contributed by atoms with Gasteiger partial charge in [0.15, 0.2) is 0 Å². The molecule has 1 fully saturated rings. The summed E-state index contributed by atoms with van der Waals surface area (Å²) in [6, 6.07) is 8.20. The van der Waals surface area contributed by atoms with Crippen molar-refractivity contribution in [1.29, 1.82) is 5.41 Å². The van der Waals surface area contributed by atoms with Crippen molar-refractivity contribution in [3.63, 3.8) is 0 Å². The molecule has 0 aromatic heterocycles. The molecule has 1 N–H and O–H groups in total. The Bertz CT molecular complexity index is 435. The van der Waals surface area contributed by atoms with Crippen LogP contribution in [0.4, 0.5) is 0 Å². The number of amidine groups is 1. The summed E-state index contributed by atoms with van der Waals surface area (Å²) in [5, 5.41) is 8.25. The van der Waals surface area contributed by atoms with Crippen molar-refractivity contribution in [2.24, 2.45) is 0 Å². The fraction of sp³-hybridized carbons (Fsp3) is 0.462. The SMILES string of the molecule is CC1(N2Cc3ccccc3C2=N)CCOC1. The average molecular weight is 216 g/mol. The molecule has 0 aliphatic carbocycles. The maximum Gasteiger partial charge on any atom is 0.129 e. The Kier molecular flexibility index (Phi) is 2.04. The number of fused-ring (bicyclic) bond motifs is 1. The summed E-state index contributed by atoms with van der Waals surface area (Å²) in [5.74, 6) is 0.656. The van der Waals surface area contributed by atoms with Crippen molar-refractivity contribution < 1.29 is 4.74 Å². The largest absolute Gasteiger partial charge is 0.379 e. The zero-order valence-electron chi connectivity index (χ0n) is 9.49. The van der Waals surface area contributed by atoms with Gasteiger partial charge in [0.25, 0.3) is 0 Å². The molecule has 0 amide bonds. The predicted octanol–water partition coefficient (Wildman–Crippen LogP) is 2.01. The van der Waals surface area contributed by atoms with Gasteiger partial charge in [-0.05, 0) is 18.9 Å². The average Bonchev–Trinajstić information content (AvgIpc) is 2.86. The van der Waals surface area contributed by atoms with E-state index in [4.69, 9.17) is 10.1 Å². The highest BCUT2D eigenvalue weighted by molar-refractivity contribution is 6.00. The molecule has 2 aliphatic heterocycles. The molecule has 1 aromatic carbocycles. The molecule has 0 bridgehead atoms. The Morgan fingerprint density at radius 3 is 2.88 bits per heavy atom. The summed E-state index contributed by atoms with van der Waals surface area (Å²) in [7, 11) is 0. The standard InChI is InChI=1S/C13H16N2O/c1-13(6-7-16-9-13)15-8-10-4-2-3-5-11(10)12(15)14/h2-5,14H,6-9H2,1H3. The van der Waals surface area contributed by atoms with Crippen LogP contribution in [0.5, 0.6) is 0 Å². The highest BCUT2D eigenvalue weighted by Gasteiger charge is 2.41. The molecule has 1 unspecified atom stereocenters. The lowest BCUT2D eigenvalue weighted by atomic mass is 9.99. The fourth-order valence-electron chi connectivity index (χ4n) is 2.61. The van der Waals surface area contributed by atoms with E-state index in [2.05, 4.69) is 17.9 Å². The van der Waals surface area contributed by atoms with Gasteiger partial charge in [-0.15, -0.1) is 0 Å². The van der Waals surface area contributed by atoms with Gasteiger partial charge in [-0.2, -0.15) is 0 Å². The second kappa shape index (κ2) is 3.32. The minimum absolute atomic E-state index is 0.0100. The maximum absolute atomic E-state index is 8.25. The van der Waals surface area contributed by atoms with Gasteiger partial charge in [0.05, 0.1) is 12.1 Å². The number of rotatable bonds is 1. The van der Waals surface area contributed by atoms with E-state index >= 15 is 0 Å². The lowest BCUT2D eigenvalue weighted by Crippen LogP contribution is -2.46. The van der Waals surface area contributed by atoms with Gasteiger partial charge in [0, 0.05) is 18.7 Å². The summed E-state index contributed by atoms with van der Waals surface area (Å²) in [4.78, 5) is 2.19. The van der Waals surface area contributed by atoms with E-state index < -0.39 is 0 Å². The Hall–Kier alpha value is -1.35. The molecule has 0 radical (unpaired) electrons. The molecule has 0 spiro atoms. The van der Waals surface area contributed by atoms with Crippen LogP contribution in [0.1, 0.15) is 24.5 Å². The molecular weight excluding hydrogens is 200 g/mol. The topological polar surface area (TPSA) is 36.3 Å². The van der Waals surface area contributed by atoms with Gasteiger partial charge in [-0.3, -0.25) is 5.41 Å². The van der Waals surface area contributed by atoms with Crippen LogP contribution >= 0.6 is 0 Å². The van der Waals surface area contributed by atoms with Crippen molar-refractivity contribution >= 4 is 5.84 Å². The molecule has 1 aromatic rings. The van der Waals surface area contributed by atoms with E-state index in [9.17, 15) is 0 Å². The predicted molar refractivity (Wildman–Crippen MR) is 62.7 cm³/mol. The second-order valence-electron chi connectivity index (χ2n) is 4.89. The van der Waals surface area contributed by atoms with Gasteiger partial charge in [-0.25, -0.2) is 0 Å². The van der Waals surface area contributed by atoms with E-state index in [1.54, 1.807) is 0 Å². The lowest BCUT2D eigenvalue weighted by Gasteiger charge is -2.35. The zero-order valence-corrected chi connectivity index (χ0v) is 9.49.